The van der Waals surface area contributed by atoms with Crippen molar-refractivity contribution in [1.82, 2.24) is 4.90 Å². The van der Waals surface area contributed by atoms with Gasteiger partial charge in [-0.1, -0.05) is 37.3 Å². The van der Waals surface area contributed by atoms with Crippen LogP contribution in [0.25, 0.3) is 0 Å². The van der Waals surface area contributed by atoms with Gasteiger partial charge in [0.05, 0.1) is 12.7 Å². The van der Waals surface area contributed by atoms with E-state index in [0.717, 1.165) is 19.7 Å². The Morgan fingerprint density at radius 2 is 2.10 bits per heavy atom. The molecule has 4 atom stereocenters. The average molecular weight is 274 g/mol. The van der Waals surface area contributed by atoms with Crippen LogP contribution in [0.4, 0.5) is 0 Å². The molecule has 0 radical (unpaired) electrons. The molecule has 2 N–H and O–H groups in total. The first-order chi connectivity index (χ1) is 9.75. The zero-order valence-corrected chi connectivity index (χ0v) is 12.4. The first kappa shape index (κ1) is 14.1. The summed E-state index contributed by atoms with van der Waals surface area (Å²) in [7, 11) is 0. The van der Waals surface area contributed by atoms with Crippen molar-refractivity contribution in [3.63, 3.8) is 0 Å². The highest BCUT2D eigenvalue weighted by atomic mass is 16.5. The zero-order valence-electron chi connectivity index (χ0n) is 12.4. The quantitative estimate of drug-likeness (QED) is 0.917. The second-order valence-electron chi connectivity index (χ2n) is 6.32. The fraction of sp³-hybridized carbons (Fsp3) is 0.647. The summed E-state index contributed by atoms with van der Waals surface area (Å²) < 4.78 is 5.89. The van der Waals surface area contributed by atoms with Gasteiger partial charge in [-0.15, -0.1) is 0 Å². The van der Waals surface area contributed by atoms with E-state index in [-0.39, 0.29) is 6.04 Å². The number of nitrogens with zero attached hydrogens (tertiary/aromatic N) is 1. The van der Waals surface area contributed by atoms with Gasteiger partial charge in [-0.05, 0) is 30.7 Å². The fourth-order valence-corrected chi connectivity index (χ4v) is 3.72. The van der Waals surface area contributed by atoms with Crippen molar-refractivity contribution in [2.24, 2.45) is 11.7 Å². The van der Waals surface area contributed by atoms with E-state index in [1.54, 1.807) is 0 Å². The van der Waals surface area contributed by atoms with Crippen LogP contribution in [0.2, 0.25) is 0 Å². The van der Waals surface area contributed by atoms with Gasteiger partial charge in [-0.25, -0.2) is 0 Å². The molecule has 1 aromatic rings. The summed E-state index contributed by atoms with van der Waals surface area (Å²) in [5.41, 5.74) is 7.68. The Labute approximate surface area is 122 Å². The van der Waals surface area contributed by atoms with E-state index >= 15 is 0 Å². The van der Waals surface area contributed by atoms with Crippen LogP contribution in [0.15, 0.2) is 30.3 Å². The highest BCUT2D eigenvalue weighted by Crippen LogP contribution is 2.31. The lowest BCUT2D eigenvalue weighted by atomic mass is 9.94. The van der Waals surface area contributed by atoms with Crippen molar-refractivity contribution in [3.05, 3.63) is 35.9 Å². The number of hydrogen-bond acceptors (Lipinski definition) is 3. The van der Waals surface area contributed by atoms with Crippen LogP contribution >= 0.6 is 0 Å². The van der Waals surface area contributed by atoms with Crippen molar-refractivity contribution in [2.45, 2.75) is 44.4 Å². The molecule has 1 heterocycles. The molecule has 0 spiro atoms. The molecular weight excluding hydrogens is 248 g/mol. The number of hydrogen-bond donors (Lipinski definition) is 1. The Morgan fingerprint density at radius 3 is 2.90 bits per heavy atom. The molecule has 2 fully saturated rings. The van der Waals surface area contributed by atoms with Crippen molar-refractivity contribution >= 4 is 0 Å². The van der Waals surface area contributed by atoms with Gasteiger partial charge in [0.2, 0.25) is 0 Å². The third-order valence-corrected chi connectivity index (χ3v) is 4.92. The van der Waals surface area contributed by atoms with Gasteiger partial charge in [0, 0.05) is 25.2 Å². The molecule has 110 valence electrons. The predicted octanol–water partition coefficient (Wildman–Crippen LogP) is 2.58. The van der Waals surface area contributed by atoms with Gasteiger partial charge < -0.3 is 10.5 Å². The van der Waals surface area contributed by atoms with Crippen LogP contribution in [0, 0.1) is 5.92 Å². The maximum Gasteiger partial charge on any atom is 0.0730 e. The molecule has 3 rings (SSSR count). The van der Waals surface area contributed by atoms with Gasteiger partial charge in [0.15, 0.2) is 0 Å². The van der Waals surface area contributed by atoms with E-state index in [4.69, 9.17) is 10.5 Å². The van der Waals surface area contributed by atoms with E-state index in [9.17, 15) is 0 Å². The molecule has 1 saturated heterocycles. The molecule has 1 aromatic carbocycles. The van der Waals surface area contributed by atoms with Gasteiger partial charge in [-0.3, -0.25) is 4.90 Å². The van der Waals surface area contributed by atoms with Crippen molar-refractivity contribution in [3.8, 4) is 0 Å². The molecule has 1 saturated carbocycles. The highest BCUT2D eigenvalue weighted by molar-refractivity contribution is 5.19. The van der Waals surface area contributed by atoms with Crippen LogP contribution < -0.4 is 5.73 Å². The van der Waals surface area contributed by atoms with E-state index in [1.807, 2.05) is 6.07 Å². The summed E-state index contributed by atoms with van der Waals surface area (Å²) in [6.07, 6.45) is 4.31. The lowest BCUT2D eigenvalue weighted by molar-refractivity contribution is -0.0604. The average Bonchev–Trinajstić information content (AvgIpc) is 2.97. The Kier molecular flexibility index (Phi) is 4.39. The maximum atomic E-state index is 6.43. The number of fused-ring (bicyclic) bond motifs is 1. The largest absolute Gasteiger partial charge is 0.375 e. The summed E-state index contributed by atoms with van der Waals surface area (Å²) in [5, 5.41) is 0. The first-order valence-corrected chi connectivity index (χ1v) is 7.92. The molecular formula is C17H26N2O. The first-order valence-electron chi connectivity index (χ1n) is 7.92. The molecule has 2 aliphatic rings. The maximum absolute atomic E-state index is 6.43. The molecule has 4 unspecified atom stereocenters. The summed E-state index contributed by atoms with van der Waals surface area (Å²) in [4.78, 5) is 2.62. The number of morpholine rings is 1. The second kappa shape index (κ2) is 6.25. The van der Waals surface area contributed by atoms with Crippen LogP contribution in [0.1, 0.15) is 37.8 Å². The summed E-state index contributed by atoms with van der Waals surface area (Å²) in [5.74, 6) is 0.469. The minimum atomic E-state index is 0.124. The molecule has 20 heavy (non-hydrogen) atoms. The number of benzene rings is 1. The standard InChI is InChI=1S/C17H26N2O/c1-13(17(18)14-6-3-2-4-7-14)12-19-10-11-20-16-9-5-8-15(16)19/h2-4,6-7,13,15-17H,5,8-12,18H2,1H3. The topological polar surface area (TPSA) is 38.5 Å². The van der Waals surface area contributed by atoms with Crippen LogP contribution in [0.3, 0.4) is 0 Å². The Hall–Kier alpha value is -0.900. The number of ether oxygens (including phenoxy) is 1. The minimum absolute atomic E-state index is 0.124. The van der Waals surface area contributed by atoms with Gasteiger partial charge >= 0.3 is 0 Å². The Morgan fingerprint density at radius 1 is 1.30 bits per heavy atom. The molecule has 0 amide bonds. The van der Waals surface area contributed by atoms with E-state index < -0.39 is 0 Å². The van der Waals surface area contributed by atoms with Crippen LogP contribution in [0.5, 0.6) is 0 Å². The normalized spacial score (nSPS) is 29.9. The lowest BCUT2D eigenvalue weighted by Gasteiger charge is -2.39. The van der Waals surface area contributed by atoms with Crippen molar-refractivity contribution in [1.29, 1.82) is 0 Å². The van der Waals surface area contributed by atoms with Crippen LogP contribution in [-0.4, -0.2) is 36.7 Å². The lowest BCUT2D eigenvalue weighted by Crippen LogP contribution is -2.50. The SMILES string of the molecule is CC(CN1CCOC2CCCC21)C(N)c1ccccc1. The number of nitrogens with two attached hydrogens (primary N) is 1. The minimum Gasteiger partial charge on any atom is -0.375 e. The summed E-state index contributed by atoms with van der Waals surface area (Å²) in [6, 6.07) is 11.2. The smallest absolute Gasteiger partial charge is 0.0730 e. The molecule has 3 nitrogen and oxygen atoms in total. The van der Waals surface area contributed by atoms with Crippen molar-refractivity contribution in [2.75, 3.05) is 19.7 Å². The summed E-state index contributed by atoms with van der Waals surface area (Å²) in [6.45, 7) is 5.30. The molecule has 0 aromatic heterocycles. The predicted molar refractivity (Wildman–Crippen MR) is 81.5 cm³/mol. The zero-order chi connectivity index (χ0) is 13.9. The van der Waals surface area contributed by atoms with E-state index in [2.05, 4.69) is 36.1 Å². The monoisotopic (exact) mass is 274 g/mol. The molecule has 1 aliphatic heterocycles. The number of rotatable bonds is 4. The van der Waals surface area contributed by atoms with Gasteiger partial charge in [0.25, 0.3) is 0 Å². The molecule has 0 bridgehead atoms. The summed E-state index contributed by atoms with van der Waals surface area (Å²) >= 11 is 0. The van der Waals surface area contributed by atoms with E-state index in [1.165, 1.54) is 24.8 Å². The Bertz CT molecular complexity index is 422. The second-order valence-corrected chi connectivity index (χ2v) is 6.32. The van der Waals surface area contributed by atoms with Crippen LogP contribution in [-0.2, 0) is 4.74 Å². The third-order valence-electron chi connectivity index (χ3n) is 4.92. The fourth-order valence-electron chi connectivity index (χ4n) is 3.72. The molecule has 3 heteroatoms. The highest BCUT2D eigenvalue weighted by Gasteiger charge is 2.36. The Balaban J connectivity index is 1.62. The molecule has 1 aliphatic carbocycles. The van der Waals surface area contributed by atoms with Gasteiger partial charge in [-0.2, -0.15) is 0 Å². The third kappa shape index (κ3) is 2.90. The van der Waals surface area contributed by atoms with E-state index in [0.29, 0.717) is 18.1 Å². The van der Waals surface area contributed by atoms with Gasteiger partial charge in [0.1, 0.15) is 0 Å². The van der Waals surface area contributed by atoms with Crippen molar-refractivity contribution < 1.29 is 4.74 Å².